The van der Waals surface area contributed by atoms with Crippen molar-refractivity contribution in [3.8, 4) is 0 Å². The van der Waals surface area contributed by atoms with E-state index in [9.17, 15) is 9.59 Å². The lowest BCUT2D eigenvalue weighted by Gasteiger charge is -2.30. The minimum Gasteiger partial charge on any atom is -0.361 e. The van der Waals surface area contributed by atoms with Gasteiger partial charge in [0.05, 0.1) is 6.04 Å². The smallest absolute Gasteiger partial charge is 0.313 e. The number of amides is 2. The molecule has 1 aromatic heterocycles. The van der Waals surface area contributed by atoms with Crippen molar-refractivity contribution in [2.45, 2.75) is 19.4 Å². The summed E-state index contributed by atoms with van der Waals surface area (Å²) < 4.78 is 0. The molecule has 29 heavy (non-hydrogen) atoms. The van der Waals surface area contributed by atoms with E-state index in [4.69, 9.17) is 0 Å². The summed E-state index contributed by atoms with van der Waals surface area (Å²) >= 11 is 1.66. The second-order valence-corrected chi connectivity index (χ2v) is 8.06. The Morgan fingerprint density at radius 2 is 1.83 bits per heavy atom. The molecule has 0 unspecified atom stereocenters. The minimum atomic E-state index is -0.647. The predicted molar refractivity (Wildman–Crippen MR) is 117 cm³/mol. The van der Waals surface area contributed by atoms with E-state index in [0.717, 1.165) is 18.5 Å². The summed E-state index contributed by atoms with van der Waals surface area (Å²) in [4.78, 5) is 28.3. The molecule has 2 amide bonds. The average molecular weight is 406 g/mol. The minimum absolute atomic E-state index is 0.00568. The Balaban J connectivity index is 1.46. The molecule has 0 fully saturated rings. The number of benzene rings is 2. The van der Waals surface area contributed by atoms with Gasteiger partial charge in [0.15, 0.2) is 0 Å². The first-order valence-corrected chi connectivity index (χ1v) is 10.5. The Kier molecular flexibility index (Phi) is 5.62. The number of carbonyl (C=O) groups excluding carboxylic acids is 2. The molecule has 5 nitrogen and oxygen atoms in total. The summed E-state index contributed by atoms with van der Waals surface area (Å²) in [5.74, 6) is -1.27. The lowest BCUT2D eigenvalue weighted by molar-refractivity contribution is -0.136. The van der Waals surface area contributed by atoms with Crippen LogP contribution in [0.3, 0.4) is 0 Å². The van der Waals surface area contributed by atoms with Crippen molar-refractivity contribution in [2.24, 2.45) is 0 Å². The normalized spacial score (nSPS) is 13.6. The zero-order valence-corrected chi connectivity index (χ0v) is 17.0. The maximum Gasteiger partial charge on any atom is 0.313 e. The van der Waals surface area contributed by atoms with Gasteiger partial charge in [-0.15, -0.1) is 11.3 Å². The molecule has 0 saturated heterocycles. The summed E-state index contributed by atoms with van der Waals surface area (Å²) in [5, 5.41) is 7.56. The fraction of sp³-hybridized carbons (Fsp3) is 0.217. The van der Waals surface area contributed by atoms with E-state index in [1.807, 2.05) is 42.6 Å². The number of fused-ring (bicyclic) bond motifs is 1. The lowest BCUT2D eigenvalue weighted by Crippen LogP contribution is -2.41. The van der Waals surface area contributed by atoms with Crippen molar-refractivity contribution in [3.63, 3.8) is 0 Å². The van der Waals surface area contributed by atoms with Crippen LogP contribution in [0.15, 0.2) is 66.0 Å². The largest absolute Gasteiger partial charge is 0.361 e. The molecule has 6 heteroatoms. The zero-order chi connectivity index (χ0) is 20.2. The highest BCUT2D eigenvalue weighted by atomic mass is 32.1. The van der Waals surface area contributed by atoms with E-state index >= 15 is 0 Å². The maximum absolute atomic E-state index is 12.5. The third-order valence-corrected chi connectivity index (χ3v) is 6.20. The molecule has 1 atom stereocenters. The Bertz CT molecular complexity index is 1020. The second-order valence-electron chi connectivity index (χ2n) is 7.08. The number of para-hydroxylation sites is 2. The highest BCUT2D eigenvalue weighted by molar-refractivity contribution is 7.10. The number of rotatable bonds is 5. The van der Waals surface area contributed by atoms with Gasteiger partial charge in [0.2, 0.25) is 0 Å². The number of nitrogens with one attached hydrogen (secondary N) is 2. The number of anilines is 2. The molecule has 2 heterocycles. The average Bonchev–Trinajstić information content (AvgIpc) is 3.40. The highest BCUT2D eigenvalue weighted by Gasteiger charge is 2.28. The first kappa shape index (κ1) is 19.2. The number of hydrogen-bond donors (Lipinski definition) is 2. The Hall–Kier alpha value is -3.12. The van der Waals surface area contributed by atoms with E-state index < -0.39 is 11.8 Å². The number of aryl methyl sites for hydroxylation is 1. The fourth-order valence-corrected chi connectivity index (χ4v) is 4.53. The molecule has 1 aliphatic rings. The standard InChI is InChI=1S/C23H23N3O2S/c1-16-7-2-4-9-18(16)25-23(28)22(27)24-15-20(21-11-6-14-29-21)26-13-12-17-8-3-5-10-19(17)26/h2-11,14,20H,12-13,15H2,1H3,(H,24,27)(H,25,28)/t20-/m0/s1. The highest BCUT2D eigenvalue weighted by Crippen LogP contribution is 2.36. The van der Waals surface area contributed by atoms with E-state index in [1.54, 1.807) is 17.4 Å². The van der Waals surface area contributed by atoms with Crippen LogP contribution in [0.5, 0.6) is 0 Å². The molecule has 2 aromatic carbocycles. The summed E-state index contributed by atoms with van der Waals surface area (Å²) in [7, 11) is 0. The van der Waals surface area contributed by atoms with Crippen LogP contribution in [-0.2, 0) is 16.0 Å². The van der Waals surface area contributed by atoms with Crippen molar-refractivity contribution in [1.82, 2.24) is 5.32 Å². The number of thiophene rings is 1. The fourth-order valence-electron chi connectivity index (χ4n) is 3.69. The van der Waals surface area contributed by atoms with Crippen molar-refractivity contribution in [2.75, 3.05) is 23.3 Å². The maximum atomic E-state index is 12.5. The molecule has 0 saturated carbocycles. The zero-order valence-electron chi connectivity index (χ0n) is 16.2. The topological polar surface area (TPSA) is 61.4 Å². The molecule has 3 aromatic rings. The summed E-state index contributed by atoms with van der Waals surface area (Å²) in [6, 6.07) is 19.9. The van der Waals surface area contributed by atoms with E-state index in [2.05, 4.69) is 39.8 Å². The van der Waals surface area contributed by atoms with Crippen LogP contribution >= 0.6 is 11.3 Å². The first-order chi connectivity index (χ1) is 14.1. The van der Waals surface area contributed by atoms with Crippen LogP contribution in [0.4, 0.5) is 11.4 Å². The van der Waals surface area contributed by atoms with Crippen LogP contribution in [0.2, 0.25) is 0 Å². The van der Waals surface area contributed by atoms with Crippen LogP contribution in [-0.4, -0.2) is 24.9 Å². The molecule has 1 aliphatic heterocycles. The summed E-state index contributed by atoms with van der Waals surface area (Å²) in [6.07, 6.45) is 0.986. The van der Waals surface area contributed by atoms with Gasteiger partial charge >= 0.3 is 11.8 Å². The third kappa shape index (κ3) is 4.17. The monoisotopic (exact) mass is 405 g/mol. The van der Waals surface area contributed by atoms with Crippen molar-refractivity contribution >= 4 is 34.5 Å². The quantitative estimate of drug-likeness (QED) is 0.633. The van der Waals surface area contributed by atoms with Gasteiger partial charge in [0.25, 0.3) is 0 Å². The van der Waals surface area contributed by atoms with Gasteiger partial charge in [-0.1, -0.05) is 42.5 Å². The third-order valence-electron chi connectivity index (χ3n) is 5.23. The Labute approximate surface area is 174 Å². The molecule has 0 aliphatic carbocycles. The SMILES string of the molecule is Cc1ccccc1NC(=O)C(=O)NC[C@@H](c1cccs1)N1CCc2ccccc21. The van der Waals surface area contributed by atoms with Gasteiger partial charge < -0.3 is 15.5 Å². The van der Waals surface area contributed by atoms with Crippen LogP contribution in [0.25, 0.3) is 0 Å². The first-order valence-electron chi connectivity index (χ1n) is 9.66. The van der Waals surface area contributed by atoms with Crippen LogP contribution in [0, 0.1) is 6.92 Å². The summed E-state index contributed by atoms with van der Waals surface area (Å²) in [5.41, 5.74) is 4.08. The molecule has 148 valence electrons. The summed E-state index contributed by atoms with van der Waals surface area (Å²) in [6.45, 7) is 3.16. The molecule has 0 bridgehead atoms. The van der Waals surface area contributed by atoms with Gasteiger partial charge in [-0.3, -0.25) is 9.59 Å². The molecule has 2 N–H and O–H groups in total. The van der Waals surface area contributed by atoms with Gasteiger partial charge in [-0.05, 0) is 48.1 Å². The van der Waals surface area contributed by atoms with Gasteiger partial charge in [-0.25, -0.2) is 0 Å². The molecular formula is C23H23N3O2S. The van der Waals surface area contributed by atoms with Crippen LogP contribution in [0.1, 0.15) is 22.0 Å². The van der Waals surface area contributed by atoms with Crippen LogP contribution < -0.4 is 15.5 Å². The van der Waals surface area contributed by atoms with Gasteiger partial charge in [-0.2, -0.15) is 0 Å². The second kappa shape index (κ2) is 8.49. The lowest BCUT2D eigenvalue weighted by atomic mass is 10.1. The van der Waals surface area contributed by atoms with Crippen molar-refractivity contribution < 1.29 is 9.59 Å². The number of carbonyl (C=O) groups is 2. The Morgan fingerprint density at radius 1 is 1.03 bits per heavy atom. The van der Waals surface area contributed by atoms with E-state index in [-0.39, 0.29) is 6.04 Å². The Morgan fingerprint density at radius 3 is 2.62 bits per heavy atom. The number of nitrogens with zero attached hydrogens (tertiary/aromatic N) is 1. The molecular weight excluding hydrogens is 382 g/mol. The van der Waals surface area contributed by atoms with Gasteiger partial charge in [0, 0.05) is 29.3 Å². The van der Waals surface area contributed by atoms with Crippen molar-refractivity contribution in [3.05, 3.63) is 82.0 Å². The van der Waals surface area contributed by atoms with Gasteiger partial charge in [0.1, 0.15) is 0 Å². The molecule has 0 radical (unpaired) electrons. The molecule has 4 rings (SSSR count). The molecule has 0 spiro atoms. The predicted octanol–water partition coefficient (Wildman–Crippen LogP) is 3.92. The number of hydrogen-bond acceptors (Lipinski definition) is 4. The van der Waals surface area contributed by atoms with E-state index in [0.29, 0.717) is 12.2 Å². The van der Waals surface area contributed by atoms with E-state index in [1.165, 1.54) is 16.1 Å². The van der Waals surface area contributed by atoms with Crippen molar-refractivity contribution in [1.29, 1.82) is 0 Å².